The smallest absolute Gasteiger partial charge is 0.122 e. The maximum Gasteiger partial charge on any atom is 0.122 e. The Balaban J connectivity index is 2.53. The molecule has 0 aromatic carbocycles. The Morgan fingerprint density at radius 2 is 1.79 bits per heavy atom. The zero-order chi connectivity index (χ0) is 13.9. The van der Waals surface area contributed by atoms with E-state index in [4.69, 9.17) is 4.42 Å². The van der Waals surface area contributed by atoms with Crippen molar-refractivity contribution in [1.29, 1.82) is 0 Å². The van der Waals surface area contributed by atoms with Crippen molar-refractivity contribution in [3.8, 4) is 0 Å². The Hall–Kier alpha value is -0.800. The molecule has 1 aromatic rings. The monoisotopic (exact) mass is 266 g/mol. The Bertz CT molecular complexity index is 314. The zero-order valence-corrected chi connectivity index (χ0v) is 12.9. The molecular formula is C16H30N2O. The van der Waals surface area contributed by atoms with Gasteiger partial charge in [0.1, 0.15) is 5.76 Å². The van der Waals surface area contributed by atoms with Gasteiger partial charge in [0.25, 0.3) is 0 Å². The molecule has 3 heteroatoms. The van der Waals surface area contributed by atoms with E-state index < -0.39 is 0 Å². The summed E-state index contributed by atoms with van der Waals surface area (Å²) in [5.74, 6) is 1.13. The second-order valence-corrected chi connectivity index (χ2v) is 5.13. The minimum absolute atomic E-state index is 0.914. The van der Waals surface area contributed by atoms with Gasteiger partial charge in [0, 0.05) is 12.1 Å². The topological polar surface area (TPSA) is 28.4 Å². The van der Waals surface area contributed by atoms with Crippen LogP contribution in [0.1, 0.15) is 57.8 Å². The quantitative estimate of drug-likeness (QED) is 0.660. The average Bonchev–Trinajstić information content (AvgIpc) is 2.86. The highest BCUT2D eigenvalue weighted by Gasteiger charge is 2.11. The molecule has 1 heterocycles. The molecule has 1 N–H and O–H groups in total. The van der Waals surface area contributed by atoms with Crippen molar-refractivity contribution in [3.05, 3.63) is 23.7 Å². The Morgan fingerprint density at radius 3 is 2.37 bits per heavy atom. The fourth-order valence-corrected chi connectivity index (χ4v) is 2.16. The minimum atomic E-state index is 0.914. The van der Waals surface area contributed by atoms with Gasteiger partial charge < -0.3 is 9.73 Å². The molecule has 1 rings (SSSR count). The molecule has 0 saturated heterocycles. The predicted molar refractivity (Wildman–Crippen MR) is 81.2 cm³/mol. The molecule has 110 valence electrons. The molecular weight excluding hydrogens is 236 g/mol. The van der Waals surface area contributed by atoms with Gasteiger partial charge in [-0.05, 0) is 38.5 Å². The first kappa shape index (κ1) is 16.3. The van der Waals surface area contributed by atoms with E-state index in [1.807, 2.05) is 6.26 Å². The molecule has 0 saturated carbocycles. The number of hydrogen-bond donors (Lipinski definition) is 1. The van der Waals surface area contributed by atoms with Crippen molar-refractivity contribution in [2.45, 2.75) is 59.5 Å². The summed E-state index contributed by atoms with van der Waals surface area (Å²) < 4.78 is 5.67. The average molecular weight is 266 g/mol. The first-order valence-corrected chi connectivity index (χ1v) is 7.80. The molecule has 0 amide bonds. The minimum Gasteiger partial charge on any atom is -0.468 e. The van der Waals surface area contributed by atoms with Gasteiger partial charge >= 0.3 is 0 Å². The molecule has 0 spiro atoms. The molecule has 1 aromatic heterocycles. The SMILES string of the molecule is CCCCN(CCCC)Cc1occc1CNCC. The number of furan rings is 1. The van der Waals surface area contributed by atoms with E-state index in [1.54, 1.807) is 0 Å². The van der Waals surface area contributed by atoms with E-state index in [0.717, 1.165) is 25.4 Å². The highest BCUT2D eigenvalue weighted by Crippen LogP contribution is 2.14. The van der Waals surface area contributed by atoms with E-state index in [-0.39, 0.29) is 0 Å². The van der Waals surface area contributed by atoms with Gasteiger partial charge in [-0.25, -0.2) is 0 Å². The highest BCUT2D eigenvalue weighted by atomic mass is 16.3. The molecule has 0 aliphatic heterocycles. The largest absolute Gasteiger partial charge is 0.468 e. The van der Waals surface area contributed by atoms with Crippen LogP contribution in [-0.4, -0.2) is 24.5 Å². The summed E-state index contributed by atoms with van der Waals surface area (Å²) in [6.45, 7) is 11.9. The normalized spacial score (nSPS) is 11.4. The number of nitrogens with one attached hydrogen (secondary N) is 1. The lowest BCUT2D eigenvalue weighted by Crippen LogP contribution is -2.26. The summed E-state index contributed by atoms with van der Waals surface area (Å²) in [5.41, 5.74) is 1.31. The number of rotatable bonds is 11. The van der Waals surface area contributed by atoms with Crippen molar-refractivity contribution < 1.29 is 4.42 Å². The van der Waals surface area contributed by atoms with Gasteiger partial charge in [0.2, 0.25) is 0 Å². The van der Waals surface area contributed by atoms with Crippen LogP contribution in [-0.2, 0) is 13.1 Å². The third-order valence-corrected chi connectivity index (χ3v) is 3.43. The maximum atomic E-state index is 5.67. The summed E-state index contributed by atoms with van der Waals surface area (Å²) in [6, 6.07) is 2.09. The molecule has 0 unspecified atom stereocenters. The van der Waals surface area contributed by atoms with E-state index in [1.165, 1.54) is 44.3 Å². The van der Waals surface area contributed by atoms with Gasteiger partial charge in [0.15, 0.2) is 0 Å². The van der Waals surface area contributed by atoms with Crippen LogP contribution in [0, 0.1) is 0 Å². The lowest BCUT2D eigenvalue weighted by Gasteiger charge is -2.21. The number of unbranched alkanes of at least 4 members (excludes halogenated alkanes) is 2. The van der Waals surface area contributed by atoms with Crippen molar-refractivity contribution in [3.63, 3.8) is 0 Å². The second-order valence-electron chi connectivity index (χ2n) is 5.13. The number of hydrogen-bond acceptors (Lipinski definition) is 3. The molecule has 0 radical (unpaired) electrons. The summed E-state index contributed by atoms with van der Waals surface area (Å²) in [4.78, 5) is 2.53. The highest BCUT2D eigenvalue weighted by molar-refractivity contribution is 5.16. The van der Waals surface area contributed by atoms with Crippen LogP contribution in [0.2, 0.25) is 0 Å². The van der Waals surface area contributed by atoms with Crippen LogP contribution in [0.25, 0.3) is 0 Å². The standard InChI is InChI=1S/C16H30N2O/c1-4-7-10-18(11-8-5-2)14-16-15(9-12-19-16)13-17-6-3/h9,12,17H,4-8,10-11,13-14H2,1-3H3. The van der Waals surface area contributed by atoms with E-state index >= 15 is 0 Å². The van der Waals surface area contributed by atoms with Gasteiger partial charge in [-0.15, -0.1) is 0 Å². The first-order valence-electron chi connectivity index (χ1n) is 7.80. The Labute approximate surface area is 118 Å². The summed E-state index contributed by atoms with van der Waals surface area (Å²) in [5, 5.41) is 3.37. The molecule has 0 aliphatic carbocycles. The van der Waals surface area contributed by atoms with E-state index in [2.05, 4.69) is 37.1 Å². The van der Waals surface area contributed by atoms with Crippen LogP contribution in [0.3, 0.4) is 0 Å². The van der Waals surface area contributed by atoms with Gasteiger partial charge in [0.05, 0.1) is 12.8 Å². The lowest BCUT2D eigenvalue weighted by atomic mass is 10.2. The van der Waals surface area contributed by atoms with E-state index in [0.29, 0.717) is 0 Å². The van der Waals surface area contributed by atoms with Crippen molar-refractivity contribution in [2.75, 3.05) is 19.6 Å². The fraction of sp³-hybridized carbons (Fsp3) is 0.750. The van der Waals surface area contributed by atoms with E-state index in [9.17, 15) is 0 Å². The number of nitrogens with zero attached hydrogens (tertiary/aromatic N) is 1. The molecule has 19 heavy (non-hydrogen) atoms. The summed E-state index contributed by atoms with van der Waals surface area (Å²) in [6.07, 6.45) is 6.87. The maximum absolute atomic E-state index is 5.67. The Kier molecular flexibility index (Phi) is 8.59. The van der Waals surface area contributed by atoms with Crippen LogP contribution in [0.15, 0.2) is 16.7 Å². The van der Waals surface area contributed by atoms with Crippen LogP contribution < -0.4 is 5.32 Å². The molecule has 0 aliphatic rings. The molecule has 0 bridgehead atoms. The van der Waals surface area contributed by atoms with Gasteiger partial charge in [-0.2, -0.15) is 0 Å². The van der Waals surface area contributed by atoms with Crippen molar-refractivity contribution >= 4 is 0 Å². The second kappa shape index (κ2) is 10.0. The third-order valence-electron chi connectivity index (χ3n) is 3.43. The summed E-state index contributed by atoms with van der Waals surface area (Å²) in [7, 11) is 0. The van der Waals surface area contributed by atoms with Crippen LogP contribution in [0.4, 0.5) is 0 Å². The van der Waals surface area contributed by atoms with Crippen molar-refractivity contribution in [2.24, 2.45) is 0 Å². The third kappa shape index (κ3) is 6.26. The van der Waals surface area contributed by atoms with Gasteiger partial charge in [-0.3, -0.25) is 4.90 Å². The van der Waals surface area contributed by atoms with Crippen LogP contribution >= 0.6 is 0 Å². The Morgan fingerprint density at radius 1 is 1.11 bits per heavy atom. The fourth-order valence-electron chi connectivity index (χ4n) is 2.16. The molecule has 0 fully saturated rings. The van der Waals surface area contributed by atoms with Crippen LogP contribution in [0.5, 0.6) is 0 Å². The lowest BCUT2D eigenvalue weighted by molar-refractivity contribution is 0.235. The predicted octanol–water partition coefficient (Wildman–Crippen LogP) is 3.79. The zero-order valence-electron chi connectivity index (χ0n) is 12.9. The molecule has 0 atom stereocenters. The van der Waals surface area contributed by atoms with Gasteiger partial charge in [-0.1, -0.05) is 33.6 Å². The first-order chi connectivity index (χ1) is 9.31. The van der Waals surface area contributed by atoms with Crippen molar-refractivity contribution in [1.82, 2.24) is 10.2 Å². The summed E-state index contributed by atoms with van der Waals surface area (Å²) >= 11 is 0. The molecule has 3 nitrogen and oxygen atoms in total.